The molecule has 4 nitrogen and oxygen atoms in total. The van der Waals surface area contributed by atoms with E-state index in [9.17, 15) is 4.79 Å². The van der Waals surface area contributed by atoms with Crippen molar-refractivity contribution in [1.82, 2.24) is 0 Å². The highest BCUT2D eigenvalue weighted by molar-refractivity contribution is 7.98. The zero-order chi connectivity index (χ0) is 11.1. The first-order chi connectivity index (χ1) is 7.24. The molecule has 0 bridgehead atoms. The maximum atomic E-state index is 10.5. The van der Waals surface area contributed by atoms with E-state index in [1.54, 1.807) is 17.8 Å². The molecule has 0 aliphatic heterocycles. The van der Waals surface area contributed by atoms with Crippen LogP contribution in [0.4, 0.5) is 0 Å². The molecule has 0 amide bonds. The second-order valence-corrected chi connectivity index (χ2v) is 4.22. The molecule has 5 heteroatoms. The van der Waals surface area contributed by atoms with Crippen molar-refractivity contribution in [3.05, 3.63) is 23.7 Å². The van der Waals surface area contributed by atoms with Gasteiger partial charge in [0.25, 0.3) is 0 Å². The first-order valence-corrected chi connectivity index (χ1v) is 5.99. The zero-order valence-corrected chi connectivity index (χ0v) is 9.26. The van der Waals surface area contributed by atoms with E-state index in [1.165, 1.54) is 6.07 Å². The molecule has 0 aliphatic rings. The van der Waals surface area contributed by atoms with Gasteiger partial charge in [-0.05, 0) is 37.3 Å². The summed E-state index contributed by atoms with van der Waals surface area (Å²) < 4.78 is 5.11. The van der Waals surface area contributed by atoms with Gasteiger partial charge in [0.15, 0.2) is 0 Å². The van der Waals surface area contributed by atoms with Crippen LogP contribution in [-0.2, 0) is 5.75 Å². The molecule has 0 unspecified atom stereocenters. The highest BCUT2D eigenvalue weighted by Crippen LogP contribution is 2.16. The lowest BCUT2D eigenvalue weighted by Crippen LogP contribution is -1.98. The SMILES string of the molecule is NCCCCSCc1ccc(C(=O)O)o1. The van der Waals surface area contributed by atoms with Crippen molar-refractivity contribution >= 4 is 17.7 Å². The van der Waals surface area contributed by atoms with Crippen LogP contribution in [0.3, 0.4) is 0 Å². The number of aromatic carboxylic acids is 1. The highest BCUT2D eigenvalue weighted by atomic mass is 32.2. The average Bonchev–Trinajstić information content (AvgIpc) is 2.66. The molecule has 0 aliphatic carbocycles. The van der Waals surface area contributed by atoms with E-state index in [-0.39, 0.29) is 5.76 Å². The predicted molar refractivity (Wildman–Crippen MR) is 60.1 cm³/mol. The summed E-state index contributed by atoms with van der Waals surface area (Å²) in [6.07, 6.45) is 2.12. The monoisotopic (exact) mass is 229 g/mol. The van der Waals surface area contributed by atoms with Crippen molar-refractivity contribution in [3.63, 3.8) is 0 Å². The summed E-state index contributed by atoms with van der Waals surface area (Å²) in [6.45, 7) is 0.727. The fourth-order valence-electron chi connectivity index (χ4n) is 1.09. The number of thioether (sulfide) groups is 1. The molecule has 1 heterocycles. The van der Waals surface area contributed by atoms with Gasteiger partial charge in [0.2, 0.25) is 5.76 Å². The third-order valence-electron chi connectivity index (χ3n) is 1.86. The van der Waals surface area contributed by atoms with Crippen LogP contribution in [0.5, 0.6) is 0 Å². The van der Waals surface area contributed by atoms with E-state index in [2.05, 4.69) is 0 Å². The number of hydrogen-bond acceptors (Lipinski definition) is 4. The number of furan rings is 1. The molecule has 1 aromatic rings. The smallest absolute Gasteiger partial charge is 0.371 e. The first-order valence-electron chi connectivity index (χ1n) is 4.84. The highest BCUT2D eigenvalue weighted by Gasteiger charge is 2.08. The van der Waals surface area contributed by atoms with Gasteiger partial charge in [0, 0.05) is 0 Å². The van der Waals surface area contributed by atoms with Gasteiger partial charge in [-0.2, -0.15) is 11.8 Å². The summed E-state index contributed by atoms with van der Waals surface area (Å²) in [6, 6.07) is 3.19. The van der Waals surface area contributed by atoms with Crippen molar-refractivity contribution in [2.24, 2.45) is 5.73 Å². The van der Waals surface area contributed by atoms with Crippen LogP contribution in [-0.4, -0.2) is 23.4 Å². The van der Waals surface area contributed by atoms with Gasteiger partial charge in [-0.1, -0.05) is 0 Å². The van der Waals surface area contributed by atoms with E-state index in [4.69, 9.17) is 15.3 Å². The Balaban J connectivity index is 2.23. The van der Waals surface area contributed by atoms with Crippen molar-refractivity contribution in [3.8, 4) is 0 Å². The molecule has 0 spiro atoms. The molecule has 1 aromatic heterocycles. The summed E-state index contributed by atoms with van der Waals surface area (Å²) in [5.74, 6) is 1.45. The van der Waals surface area contributed by atoms with Crippen LogP contribution in [0.1, 0.15) is 29.2 Å². The lowest BCUT2D eigenvalue weighted by Gasteiger charge is -1.97. The lowest BCUT2D eigenvalue weighted by atomic mass is 10.3. The summed E-state index contributed by atoms with van der Waals surface area (Å²) in [7, 11) is 0. The maximum absolute atomic E-state index is 10.5. The van der Waals surface area contributed by atoms with Gasteiger partial charge >= 0.3 is 5.97 Å². The van der Waals surface area contributed by atoms with Crippen molar-refractivity contribution < 1.29 is 14.3 Å². The minimum Gasteiger partial charge on any atom is -0.475 e. The van der Waals surface area contributed by atoms with Crippen LogP contribution in [0.2, 0.25) is 0 Å². The Hall–Kier alpha value is -0.940. The summed E-state index contributed by atoms with van der Waals surface area (Å²) in [4.78, 5) is 10.5. The Morgan fingerprint density at radius 3 is 2.87 bits per heavy atom. The summed E-state index contributed by atoms with van der Waals surface area (Å²) in [5.41, 5.74) is 5.37. The number of hydrogen-bond donors (Lipinski definition) is 2. The zero-order valence-electron chi connectivity index (χ0n) is 8.44. The number of nitrogens with two attached hydrogens (primary N) is 1. The van der Waals surface area contributed by atoms with Crippen LogP contribution < -0.4 is 5.73 Å². The van der Waals surface area contributed by atoms with E-state index >= 15 is 0 Å². The van der Waals surface area contributed by atoms with Crippen LogP contribution in [0.15, 0.2) is 16.5 Å². The van der Waals surface area contributed by atoms with Gasteiger partial charge in [-0.25, -0.2) is 4.79 Å². The number of carboxylic acid groups (broad SMARTS) is 1. The second-order valence-electron chi connectivity index (χ2n) is 3.12. The van der Waals surface area contributed by atoms with Crippen molar-refractivity contribution in [2.45, 2.75) is 18.6 Å². The van der Waals surface area contributed by atoms with E-state index < -0.39 is 5.97 Å². The largest absolute Gasteiger partial charge is 0.475 e. The van der Waals surface area contributed by atoms with Crippen LogP contribution >= 0.6 is 11.8 Å². The van der Waals surface area contributed by atoms with Crippen LogP contribution in [0.25, 0.3) is 0 Å². The fourth-order valence-corrected chi connectivity index (χ4v) is 2.00. The number of carboxylic acids is 1. The van der Waals surface area contributed by atoms with Crippen molar-refractivity contribution in [1.29, 1.82) is 0 Å². The quantitative estimate of drug-likeness (QED) is 0.699. The van der Waals surface area contributed by atoms with Gasteiger partial charge in [-0.3, -0.25) is 0 Å². The molecule has 3 N–H and O–H groups in total. The number of rotatable bonds is 7. The standard InChI is InChI=1S/C10H15NO3S/c11-5-1-2-6-15-7-8-3-4-9(14-8)10(12)13/h3-4H,1-2,5-7,11H2,(H,12,13). The third-order valence-corrected chi connectivity index (χ3v) is 2.93. The molecule has 0 fully saturated rings. The van der Waals surface area contributed by atoms with Gasteiger partial charge < -0.3 is 15.3 Å². The molecule has 0 atom stereocenters. The van der Waals surface area contributed by atoms with Crippen molar-refractivity contribution in [2.75, 3.05) is 12.3 Å². The van der Waals surface area contributed by atoms with E-state index in [1.807, 2.05) is 0 Å². The predicted octanol–water partition coefficient (Wildman–Crippen LogP) is 1.95. The van der Waals surface area contributed by atoms with Gasteiger partial charge in [0.1, 0.15) is 5.76 Å². The Morgan fingerprint density at radius 2 is 2.27 bits per heavy atom. The fraction of sp³-hybridized carbons (Fsp3) is 0.500. The Morgan fingerprint density at radius 1 is 1.47 bits per heavy atom. The molecule has 15 heavy (non-hydrogen) atoms. The van der Waals surface area contributed by atoms with Gasteiger partial charge in [0.05, 0.1) is 5.75 Å². The summed E-state index contributed by atoms with van der Waals surface area (Å²) in [5, 5.41) is 8.63. The van der Waals surface area contributed by atoms with Crippen LogP contribution in [0, 0.1) is 0 Å². The molecule has 0 saturated heterocycles. The molecule has 1 rings (SSSR count). The minimum atomic E-state index is -1.02. The minimum absolute atomic E-state index is 0.00700. The number of unbranched alkanes of at least 4 members (excludes halogenated alkanes) is 1. The van der Waals surface area contributed by atoms with E-state index in [0.29, 0.717) is 5.76 Å². The normalized spacial score (nSPS) is 10.5. The second kappa shape index (κ2) is 6.53. The molecular weight excluding hydrogens is 214 g/mol. The third kappa shape index (κ3) is 4.40. The maximum Gasteiger partial charge on any atom is 0.371 e. The lowest BCUT2D eigenvalue weighted by molar-refractivity contribution is 0.0661. The molecule has 0 saturated carbocycles. The number of carbonyl (C=O) groups is 1. The topological polar surface area (TPSA) is 76.5 Å². The molecule has 0 aromatic carbocycles. The molecular formula is C10H15NO3S. The average molecular weight is 229 g/mol. The van der Waals surface area contributed by atoms with E-state index in [0.717, 1.165) is 30.9 Å². The summed E-state index contributed by atoms with van der Waals surface area (Å²) >= 11 is 1.73. The Kier molecular flexibility index (Phi) is 5.28. The molecule has 0 radical (unpaired) electrons. The Labute approximate surface area is 92.8 Å². The molecule has 84 valence electrons. The first kappa shape index (κ1) is 12.1. The Bertz CT molecular complexity index is 311. The van der Waals surface area contributed by atoms with Gasteiger partial charge in [-0.15, -0.1) is 0 Å².